The number of benzene rings is 3. The fourth-order valence-electron chi connectivity index (χ4n) is 3.41. The Balaban J connectivity index is 1.60. The van der Waals surface area contributed by atoms with E-state index in [2.05, 4.69) is 33.4 Å². The molecule has 0 aliphatic rings. The van der Waals surface area contributed by atoms with Crippen molar-refractivity contribution in [3.8, 4) is 23.0 Å². The number of methoxy groups -OCH3 is 2. The third-order valence-electron chi connectivity index (χ3n) is 5.01. The van der Waals surface area contributed by atoms with Crippen molar-refractivity contribution in [1.29, 1.82) is 0 Å². The zero-order valence-corrected chi connectivity index (χ0v) is 21.5. The predicted molar refractivity (Wildman–Crippen MR) is 136 cm³/mol. The maximum Gasteiger partial charge on any atom is 0.175 e. The van der Waals surface area contributed by atoms with Crippen LogP contribution in [-0.4, -0.2) is 27.4 Å². The van der Waals surface area contributed by atoms with Crippen molar-refractivity contribution < 1.29 is 18.9 Å². The molecule has 0 spiro atoms. The van der Waals surface area contributed by atoms with Gasteiger partial charge in [-0.15, -0.1) is 0 Å². The van der Waals surface area contributed by atoms with Gasteiger partial charge in [0.2, 0.25) is 0 Å². The van der Waals surface area contributed by atoms with Gasteiger partial charge in [0.15, 0.2) is 23.0 Å². The molecule has 3 rings (SSSR count). The van der Waals surface area contributed by atoms with Crippen LogP contribution in [-0.2, 0) is 19.6 Å². The summed E-state index contributed by atoms with van der Waals surface area (Å²) in [6, 6.07) is 17.7. The van der Waals surface area contributed by atoms with Gasteiger partial charge in [-0.1, -0.05) is 29.8 Å². The molecule has 0 bridgehead atoms. The van der Waals surface area contributed by atoms with Crippen molar-refractivity contribution in [2.75, 3.05) is 27.4 Å². The molecule has 0 unspecified atom stereocenters. The Bertz CT molecular complexity index is 1060. The molecule has 0 saturated carbocycles. The van der Waals surface area contributed by atoms with E-state index in [1.54, 1.807) is 14.2 Å². The summed E-state index contributed by atoms with van der Waals surface area (Å²) in [6.45, 7) is 4.45. The van der Waals surface area contributed by atoms with E-state index >= 15 is 0 Å². The Morgan fingerprint density at radius 2 is 1.64 bits per heavy atom. The summed E-state index contributed by atoms with van der Waals surface area (Å²) in [4.78, 5) is 0. The normalized spacial score (nSPS) is 10.7. The van der Waals surface area contributed by atoms with Crippen LogP contribution in [0.1, 0.15) is 23.6 Å². The molecule has 3 aromatic carbocycles. The molecule has 7 heteroatoms. The van der Waals surface area contributed by atoms with Gasteiger partial charge >= 0.3 is 0 Å². The van der Waals surface area contributed by atoms with Gasteiger partial charge in [0.1, 0.15) is 6.61 Å². The highest BCUT2D eigenvalue weighted by molar-refractivity contribution is 9.10. The highest BCUT2D eigenvalue weighted by atomic mass is 79.9. The summed E-state index contributed by atoms with van der Waals surface area (Å²) in [6.07, 6.45) is 0.876. The predicted octanol–water partition coefficient (Wildman–Crippen LogP) is 6.43. The van der Waals surface area contributed by atoms with Gasteiger partial charge < -0.3 is 24.3 Å². The van der Waals surface area contributed by atoms with Crippen molar-refractivity contribution in [3.05, 3.63) is 80.8 Å². The number of nitrogens with one attached hydrogen (secondary N) is 1. The zero-order valence-electron chi connectivity index (χ0n) is 19.1. The Hall–Kier alpha value is -2.41. The lowest BCUT2D eigenvalue weighted by molar-refractivity contribution is 0.267. The number of ether oxygens (including phenoxy) is 4. The number of hydrogen-bond donors (Lipinski definition) is 1. The summed E-state index contributed by atoms with van der Waals surface area (Å²) in [7, 11) is 3.29. The molecule has 1 N–H and O–H groups in total. The lowest BCUT2D eigenvalue weighted by Gasteiger charge is -2.16. The van der Waals surface area contributed by atoms with E-state index in [0.29, 0.717) is 36.3 Å². The van der Waals surface area contributed by atoms with E-state index < -0.39 is 0 Å². The molecule has 0 heterocycles. The van der Waals surface area contributed by atoms with Crippen LogP contribution in [0.4, 0.5) is 0 Å². The van der Waals surface area contributed by atoms with Gasteiger partial charge in [-0.25, -0.2) is 0 Å². The molecule has 0 radical (unpaired) electrons. The van der Waals surface area contributed by atoms with Crippen LogP contribution in [0.5, 0.6) is 23.0 Å². The third kappa shape index (κ3) is 7.29. The summed E-state index contributed by atoms with van der Waals surface area (Å²) in [5, 5.41) is 4.18. The first kappa shape index (κ1) is 25.2. The van der Waals surface area contributed by atoms with Crippen molar-refractivity contribution in [2.45, 2.75) is 26.5 Å². The smallest absolute Gasteiger partial charge is 0.175 e. The first-order chi connectivity index (χ1) is 16.0. The van der Waals surface area contributed by atoms with Crippen molar-refractivity contribution in [2.24, 2.45) is 0 Å². The van der Waals surface area contributed by atoms with E-state index in [0.717, 1.165) is 40.1 Å². The second-order valence-corrected chi connectivity index (χ2v) is 8.66. The molecular formula is C26H29BrClNO4. The van der Waals surface area contributed by atoms with E-state index in [1.807, 2.05) is 49.4 Å². The fraction of sp³-hybridized carbons (Fsp3) is 0.308. The van der Waals surface area contributed by atoms with Gasteiger partial charge in [-0.2, -0.15) is 0 Å². The monoisotopic (exact) mass is 533 g/mol. The maximum absolute atomic E-state index is 6.08. The molecule has 33 heavy (non-hydrogen) atoms. The van der Waals surface area contributed by atoms with Gasteiger partial charge in [0.05, 0.1) is 25.3 Å². The zero-order chi connectivity index (χ0) is 23.6. The van der Waals surface area contributed by atoms with E-state index in [9.17, 15) is 0 Å². The molecule has 5 nitrogen and oxygen atoms in total. The first-order valence-corrected chi connectivity index (χ1v) is 11.9. The average Bonchev–Trinajstić information content (AvgIpc) is 2.81. The number of rotatable bonds is 12. The van der Waals surface area contributed by atoms with Crippen molar-refractivity contribution in [3.63, 3.8) is 0 Å². The molecule has 0 aliphatic carbocycles. The minimum absolute atomic E-state index is 0.405. The second-order valence-electron chi connectivity index (χ2n) is 7.37. The molecule has 176 valence electrons. The Morgan fingerprint density at radius 1 is 0.848 bits per heavy atom. The highest BCUT2D eigenvalue weighted by Crippen LogP contribution is 2.37. The van der Waals surface area contributed by atoms with E-state index in [1.165, 1.54) is 5.56 Å². The fourth-order valence-corrected chi connectivity index (χ4v) is 4.23. The molecule has 3 aromatic rings. The first-order valence-electron chi connectivity index (χ1n) is 10.8. The highest BCUT2D eigenvalue weighted by Gasteiger charge is 2.13. The summed E-state index contributed by atoms with van der Waals surface area (Å²) in [5.74, 6) is 2.88. The van der Waals surface area contributed by atoms with Crippen LogP contribution < -0.4 is 24.3 Å². The molecular weight excluding hydrogens is 506 g/mol. The number of halogens is 2. The summed E-state index contributed by atoms with van der Waals surface area (Å²) >= 11 is 9.73. The van der Waals surface area contributed by atoms with Crippen LogP contribution in [0.3, 0.4) is 0 Å². The third-order valence-corrected chi connectivity index (χ3v) is 5.83. The SMILES string of the molecule is CCOc1cc(CNCCc2ccc(OC)c(OC)c2)cc(Br)c1OCc1cccc(Cl)c1. The Labute approximate surface area is 209 Å². The lowest BCUT2D eigenvalue weighted by Crippen LogP contribution is -2.17. The number of hydrogen-bond acceptors (Lipinski definition) is 5. The van der Waals surface area contributed by atoms with Gasteiger partial charge in [-0.3, -0.25) is 0 Å². The van der Waals surface area contributed by atoms with Crippen LogP contribution in [0.25, 0.3) is 0 Å². The van der Waals surface area contributed by atoms with Crippen LogP contribution in [0.15, 0.2) is 59.1 Å². The molecule has 0 saturated heterocycles. The molecule has 0 aromatic heterocycles. The van der Waals surface area contributed by atoms with Crippen molar-refractivity contribution >= 4 is 27.5 Å². The van der Waals surface area contributed by atoms with Gasteiger partial charge in [-0.05, 0) is 88.9 Å². The van der Waals surface area contributed by atoms with Crippen LogP contribution in [0, 0.1) is 0 Å². The summed E-state index contributed by atoms with van der Waals surface area (Å²) in [5.41, 5.74) is 3.28. The minimum Gasteiger partial charge on any atom is -0.493 e. The van der Waals surface area contributed by atoms with E-state index in [-0.39, 0.29) is 0 Å². The second kappa shape index (κ2) is 12.7. The van der Waals surface area contributed by atoms with Crippen LogP contribution in [0.2, 0.25) is 5.02 Å². The Morgan fingerprint density at radius 3 is 2.36 bits per heavy atom. The van der Waals surface area contributed by atoms with Crippen LogP contribution >= 0.6 is 27.5 Å². The average molecular weight is 535 g/mol. The lowest BCUT2D eigenvalue weighted by atomic mass is 10.1. The quantitative estimate of drug-likeness (QED) is 0.271. The summed E-state index contributed by atoms with van der Waals surface area (Å²) < 4.78 is 23.5. The molecule has 0 fully saturated rings. The molecule has 0 aliphatic heterocycles. The topological polar surface area (TPSA) is 49.0 Å². The standard InChI is InChI=1S/C26H29BrClNO4/c1-4-32-25-15-20(13-22(27)26(25)33-17-19-6-5-7-21(28)12-19)16-29-11-10-18-8-9-23(30-2)24(14-18)31-3/h5-9,12-15,29H,4,10-11,16-17H2,1-3H3. The molecule has 0 amide bonds. The van der Waals surface area contributed by atoms with Crippen molar-refractivity contribution in [1.82, 2.24) is 5.32 Å². The van der Waals surface area contributed by atoms with E-state index in [4.69, 9.17) is 30.5 Å². The van der Waals surface area contributed by atoms with Gasteiger partial charge in [0, 0.05) is 11.6 Å². The Kier molecular flexibility index (Phi) is 9.73. The minimum atomic E-state index is 0.405. The van der Waals surface area contributed by atoms with Gasteiger partial charge in [0.25, 0.3) is 0 Å². The molecule has 0 atom stereocenters. The maximum atomic E-state index is 6.08. The largest absolute Gasteiger partial charge is 0.493 e.